The van der Waals surface area contributed by atoms with Crippen molar-refractivity contribution in [3.63, 3.8) is 0 Å². The summed E-state index contributed by atoms with van der Waals surface area (Å²) in [5.74, 6) is -0.886. The number of carbonyl (C=O) groups is 1. The maximum absolute atomic E-state index is 11.7. The number of ether oxygens (including phenoxy) is 1. The van der Waals surface area contributed by atoms with Crippen molar-refractivity contribution in [3.05, 3.63) is 0 Å². The van der Waals surface area contributed by atoms with Crippen LogP contribution in [0.4, 0.5) is 13.2 Å². The quantitative estimate of drug-likeness (QED) is 0.689. The Hall–Kier alpha value is -0.470. The van der Waals surface area contributed by atoms with Gasteiger partial charge in [-0.1, -0.05) is 0 Å². The number of hydrogen-bond acceptors (Lipinski definition) is 4. The molecule has 1 atom stereocenters. The van der Waals surface area contributed by atoms with Crippen LogP contribution < -0.4 is 5.73 Å². The standard InChI is InChI=1S/C9H16F3NO3S/c1-8(2,6(13)7(14)15)17-4-3-16-5-9(10,11)12/h6H,3-5,13H2,1-2H3,(H,14,15)/t6-/m1/s1. The molecule has 0 spiro atoms. The molecule has 8 heteroatoms. The molecule has 0 saturated heterocycles. The average Bonchev–Trinajstić information content (AvgIpc) is 2.13. The minimum atomic E-state index is -4.34. The molecular formula is C9H16F3NO3S. The second-order valence-corrected chi connectivity index (χ2v) is 5.68. The zero-order chi connectivity index (χ0) is 13.7. The smallest absolute Gasteiger partial charge is 0.411 e. The van der Waals surface area contributed by atoms with E-state index in [-0.39, 0.29) is 12.4 Å². The molecule has 0 aromatic rings. The minimum Gasteiger partial charge on any atom is -0.480 e. The van der Waals surface area contributed by atoms with Crippen molar-refractivity contribution in [2.45, 2.75) is 30.8 Å². The highest BCUT2D eigenvalue weighted by atomic mass is 32.2. The Kier molecular flexibility index (Phi) is 6.28. The molecule has 0 heterocycles. The van der Waals surface area contributed by atoms with Crippen LogP contribution in [-0.2, 0) is 9.53 Å². The molecule has 0 radical (unpaired) electrons. The summed E-state index contributed by atoms with van der Waals surface area (Å²) >= 11 is 1.17. The van der Waals surface area contributed by atoms with E-state index in [1.807, 2.05) is 0 Å². The van der Waals surface area contributed by atoms with Crippen LogP contribution in [0.2, 0.25) is 0 Å². The van der Waals surface area contributed by atoms with Crippen LogP contribution in [0.25, 0.3) is 0 Å². The SMILES string of the molecule is CC(C)(SCCOCC(F)(F)F)[C@H](N)C(=O)O. The lowest BCUT2D eigenvalue weighted by molar-refractivity contribution is -0.172. The molecule has 0 rings (SSSR count). The molecule has 0 bridgehead atoms. The summed E-state index contributed by atoms with van der Waals surface area (Å²) in [4.78, 5) is 10.6. The Bertz CT molecular complexity index is 258. The van der Waals surface area contributed by atoms with Crippen LogP contribution in [0.5, 0.6) is 0 Å². The lowest BCUT2D eigenvalue weighted by Gasteiger charge is -2.27. The number of nitrogens with two attached hydrogens (primary N) is 1. The van der Waals surface area contributed by atoms with Gasteiger partial charge in [0.1, 0.15) is 12.6 Å². The van der Waals surface area contributed by atoms with Gasteiger partial charge in [0, 0.05) is 10.5 Å². The molecule has 4 nitrogen and oxygen atoms in total. The number of thioether (sulfide) groups is 1. The summed E-state index contributed by atoms with van der Waals surface area (Å²) in [5.41, 5.74) is 5.44. The van der Waals surface area contributed by atoms with Gasteiger partial charge in [0.05, 0.1) is 6.61 Å². The normalized spacial score (nSPS) is 14.7. The van der Waals surface area contributed by atoms with Crippen LogP contribution in [-0.4, -0.2) is 47.0 Å². The van der Waals surface area contributed by atoms with Crippen molar-refractivity contribution in [1.82, 2.24) is 0 Å². The van der Waals surface area contributed by atoms with Crippen molar-refractivity contribution in [2.24, 2.45) is 5.73 Å². The van der Waals surface area contributed by atoms with Gasteiger partial charge in [0.15, 0.2) is 0 Å². The Morgan fingerprint density at radius 1 is 1.47 bits per heavy atom. The van der Waals surface area contributed by atoms with Gasteiger partial charge < -0.3 is 15.6 Å². The summed E-state index contributed by atoms with van der Waals surface area (Å²) < 4.78 is 38.8. The van der Waals surface area contributed by atoms with Crippen LogP contribution >= 0.6 is 11.8 Å². The van der Waals surface area contributed by atoms with E-state index >= 15 is 0 Å². The van der Waals surface area contributed by atoms with Gasteiger partial charge in [-0.05, 0) is 13.8 Å². The Morgan fingerprint density at radius 3 is 2.41 bits per heavy atom. The molecule has 0 fully saturated rings. The van der Waals surface area contributed by atoms with Crippen molar-refractivity contribution < 1.29 is 27.8 Å². The average molecular weight is 275 g/mol. The Balaban J connectivity index is 3.85. The van der Waals surface area contributed by atoms with E-state index in [1.54, 1.807) is 13.8 Å². The molecule has 0 aliphatic rings. The third kappa shape index (κ3) is 7.45. The summed E-state index contributed by atoms with van der Waals surface area (Å²) in [7, 11) is 0. The molecule has 17 heavy (non-hydrogen) atoms. The van der Waals surface area contributed by atoms with Gasteiger partial charge in [-0.2, -0.15) is 24.9 Å². The topological polar surface area (TPSA) is 72.5 Å². The summed E-state index contributed by atoms with van der Waals surface area (Å²) in [6.45, 7) is 1.86. The van der Waals surface area contributed by atoms with E-state index in [0.717, 1.165) is 0 Å². The first kappa shape index (κ1) is 16.5. The molecule has 0 saturated carbocycles. The number of carboxylic acid groups (broad SMARTS) is 1. The molecule has 0 unspecified atom stereocenters. The van der Waals surface area contributed by atoms with Crippen molar-refractivity contribution in [1.29, 1.82) is 0 Å². The lowest BCUT2D eigenvalue weighted by Crippen LogP contribution is -2.47. The third-order valence-electron chi connectivity index (χ3n) is 1.98. The van der Waals surface area contributed by atoms with E-state index in [9.17, 15) is 18.0 Å². The largest absolute Gasteiger partial charge is 0.480 e. The van der Waals surface area contributed by atoms with Crippen molar-refractivity contribution >= 4 is 17.7 Å². The fraction of sp³-hybridized carbons (Fsp3) is 0.889. The number of hydrogen-bond donors (Lipinski definition) is 2. The van der Waals surface area contributed by atoms with Crippen molar-refractivity contribution in [2.75, 3.05) is 19.0 Å². The molecule has 3 N–H and O–H groups in total. The molecule has 0 aromatic heterocycles. The predicted molar refractivity (Wildman–Crippen MR) is 59.0 cm³/mol. The van der Waals surface area contributed by atoms with Crippen LogP contribution in [0, 0.1) is 0 Å². The summed E-state index contributed by atoms with van der Waals surface area (Å²) in [6.07, 6.45) is -4.34. The predicted octanol–water partition coefficient (Wildman–Crippen LogP) is 1.49. The second kappa shape index (κ2) is 6.46. The third-order valence-corrected chi connectivity index (χ3v) is 3.35. The van der Waals surface area contributed by atoms with Crippen LogP contribution in [0.1, 0.15) is 13.8 Å². The minimum absolute atomic E-state index is 0.0973. The highest BCUT2D eigenvalue weighted by Crippen LogP contribution is 2.27. The van der Waals surface area contributed by atoms with Gasteiger partial charge in [0.2, 0.25) is 0 Å². The fourth-order valence-electron chi connectivity index (χ4n) is 0.939. The van der Waals surface area contributed by atoms with Crippen molar-refractivity contribution in [3.8, 4) is 0 Å². The summed E-state index contributed by atoms with van der Waals surface area (Å²) in [5, 5.41) is 8.71. The van der Waals surface area contributed by atoms with E-state index in [0.29, 0.717) is 0 Å². The first-order valence-electron chi connectivity index (χ1n) is 4.83. The van der Waals surface area contributed by atoms with Gasteiger partial charge in [-0.15, -0.1) is 0 Å². The van der Waals surface area contributed by atoms with Crippen LogP contribution in [0.15, 0.2) is 0 Å². The molecule has 0 aliphatic carbocycles. The van der Waals surface area contributed by atoms with Gasteiger partial charge in [0.25, 0.3) is 0 Å². The molecule has 0 aliphatic heterocycles. The van der Waals surface area contributed by atoms with Gasteiger partial charge in [-0.25, -0.2) is 0 Å². The molecule has 102 valence electrons. The monoisotopic (exact) mass is 275 g/mol. The summed E-state index contributed by atoms with van der Waals surface area (Å²) in [6, 6.07) is -1.07. The number of aliphatic carboxylic acids is 1. The van der Waals surface area contributed by atoms with Gasteiger partial charge in [-0.3, -0.25) is 4.79 Å². The Labute approximate surface area is 102 Å². The zero-order valence-corrected chi connectivity index (χ0v) is 10.4. The zero-order valence-electron chi connectivity index (χ0n) is 9.58. The number of carboxylic acids is 1. The molecule has 0 aromatic carbocycles. The first-order chi connectivity index (χ1) is 7.56. The molecular weight excluding hydrogens is 259 g/mol. The van der Waals surface area contributed by atoms with Gasteiger partial charge >= 0.3 is 12.1 Å². The lowest BCUT2D eigenvalue weighted by atomic mass is 10.1. The van der Waals surface area contributed by atoms with E-state index in [4.69, 9.17) is 10.8 Å². The number of alkyl halides is 3. The fourth-order valence-corrected chi connectivity index (χ4v) is 1.95. The maximum Gasteiger partial charge on any atom is 0.411 e. The van der Waals surface area contributed by atoms with E-state index < -0.39 is 29.5 Å². The highest BCUT2D eigenvalue weighted by molar-refractivity contribution is 8.00. The number of halogens is 3. The first-order valence-corrected chi connectivity index (χ1v) is 5.81. The second-order valence-electron chi connectivity index (χ2n) is 3.94. The maximum atomic E-state index is 11.7. The number of rotatable bonds is 7. The Morgan fingerprint density at radius 2 is 2.00 bits per heavy atom. The van der Waals surface area contributed by atoms with E-state index in [1.165, 1.54) is 11.8 Å². The van der Waals surface area contributed by atoms with E-state index in [2.05, 4.69) is 4.74 Å². The highest BCUT2D eigenvalue weighted by Gasteiger charge is 2.32. The van der Waals surface area contributed by atoms with Crippen LogP contribution in [0.3, 0.4) is 0 Å². The molecule has 0 amide bonds.